The minimum atomic E-state index is -0.576. The zero-order valence-electron chi connectivity index (χ0n) is 17.9. The molecule has 0 heterocycles. The lowest BCUT2D eigenvalue weighted by molar-refractivity contribution is 0.00660. The van der Waals surface area contributed by atoms with Gasteiger partial charge in [-0.05, 0) is 69.0 Å². The van der Waals surface area contributed by atoms with Crippen molar-refractivity contribution in [2.24, 2.45) is 0 Å². The summed E-state index contributed by atoms with van der Waals surface area (Å²) in [4.78, 5) is 2.15. The monoisotopic (exact) mass is 402 g/mol. The van der Waals surface area contributed by atoms with Crippen molar-refractivity contribution in [1.29, 1.82) is 0 Å². The zero-order chi connectivity index (χ0) is 21.1. The molecule has 0 aliphatic heterocycles. The third-order valence-electron chi connectivity index (χ3n) is 4.63. The van der Waals surface area contributed by atoms with Gasteiger partial charge in [0.1, 0.15) is 17.6 Å². The van der Waals surface area contributed by atoms with Gasteiger partial charge in [-0.25, -0.2) is 0 Å². The fourth-order valence-corrected chi connectivity index (χ4v) is 3.00. The van der Waals surface area contributed by atoms with Crippen LogP contribution in [0.4, 0.5) is 0 Å². The highest BCUT2D eigenvalue weighted by molar-refractivity contribution is 5.36. The first-order valence-corrected chi connectivity index (χ1v) is 9.96. The maximum atomic E-state index is 10.3. The lowest BCUT2D eigenvalue weighted by atomic mass is 10.0. The first kappa shape index (κ1) is 23.2. The second-order valence-electron chi connectivity index (χ2n) is 7.27. The van der Waals surface area contributed by atoms with Gasteiger partial charge in [-0.15, -0.1) is 0 Å². The van der Waals surface area contributed by atoms with Gasteiger partial charge in [0.25, 0.3) is 0 Å². The maximum absolute atomic E-state index is 10.3. The molecule has 0 fully saturated rings. The van der Waals surface area contributed by atoms with Gasteiger partial charge in [0.05, 0.1) is 26.9 Å². The molecule has 2 aromatic carbocycles. The summed E-state index contributed by atoms with van der Waals surface area (Å²) in [6.45, 7) is 2.64. The van der Waals surface area contributed by atoms with E-state index < -0.39 is 6.10 Å². The summed E-state index contributed by atoms with van der Waals surface area (Å²) < 4.78 is 16.6. The van der Waals surface area contributed by atoms with Crippen molar-refractivity contribution in [3.63, 3.8) is 0 Å². The summed E-state index contributed by atoms with van der Waals surface area (Å²) in [7, 11) is 7.41. The number of hydrogen-bond acceptors (Lipinski definition) is 6. The molecule has 6 nitrogen and oxygen atoms in total. The molecular weight excluding hydrogens is 368 g/mol. The summed E-state index contributed by atoms with van der Waals surface area (Å²) in [5.41, 5.74) is 2.00. The van der Waals surface area contributed by atoms with Gasteiger partial charge in [0.15, 0.2) is 0 Å². The van der Waals surface area contributed by atoms with Crippen molar-refractivity contribution >= 4 is 0 Å². The number of methoxy groups -OCH3 is 2. The van der Waals surface area contributed by atoms with Crippen LogP contribution in [0, 0.1) is 0 Å². The van der Waals surface area contributed by atoms with E-state index in [0.717, 1.165) is 42.1 Å². The average molecular weight is 403 g/mol. The number of hydrogen-bond donors (Lipinski definition) is 2. The molecule has 0 aromatic heterocycles. The number of nitrogens with zero attached hydrogens (tertiary/aromatic N) is 1. The van der Waals surface area contributed by atoms with Crippen LogP contribution in [0.2, 0.25) is 0 Å². The molecule has 160 valence electrons. The molecule has 0 amide bonds. The van der Waals surface area contributed by atoms with Crippen LogP contribution in [0.3, 0.4) is 0 Å². The molecule has 0 aliphatic carbocycles. The van der Waals surface area contributed by atoms with E-state index >= 15 is 0 Å². The molecule has 1 atom stereocenters. The number of nitrogens with one attached hydrogen (secondary N) is 1. The molecular formula is C23H34N2O4. The lowest BCUT2D eigenvalue weighted by Crippen LogP contribution is -2.32. The van der Waals surface area contributed by atoms with E-state index in [9.17, 15) is 5.11 Å². The molecule has 2 aromatic rings. The van der Waals surface area contributed by atoms with Gasteiger partial charge >= 0.3 is 0 Å². The van der Waals surface area contributed by atoms with Gasteiger partial charge < -0.3 is 29.5 Å². The van der Waals surface area contributed by atoms with Crippen molar-refractivity contribution in [3.05, 3.63) is 59.7 Å². The highest BCUT2D eigenvalue weighted by atomic mass is 16.5. The fourth-order valence-electron chi connectivity index (χ4n) is 3.00. The molecule has 0 saturated heterocycles. The van der Waals surface area contributed by atoms with Crippen LogP contribution in [0.5, 0.6) is 11.5 Å². The van der Waals surface area contributed by atoms with E-state index in [1.54, 1.807) is 14.2 Å². The fraction of sp³-hybridized carbons (Fsp3) is 0.478. The van der Waals surface area contributed by atoms with Crippen molar-refractivity contribution in [3.8, 4) is 11.5 Å². The quantitative estimate of drug-likeness (QED) is 0.503. The Morgan fingerprint density at radius 3 is 1.86 bits per heavy atom. The molecule has 0 saturated carbocycles. The second kappa shape index (κ2) is 12.4. The minimum Gasteiger partial charge on any atom is -0.497 e. The van der Waals surface area contributed by atoms with Crippen molar-refractivity contribution in [2.45, 2.75) is 18.6 Å². The normalized spacial score (nSPS) is 12.4. The van der Waals surface area contributed by atoms with E-state index in [2.05, 4.69) is 24.3 Å². The Bertz CT molecular complexity index is 642. The van der Waals surface area contributed by atoms with E-state index in [0.29, 0.717) is 6.54 Å². The summed E-state index contributed by atoms with van der Waals surface area (Å²) in [5, 5.41) is 13.6. The van der Waals surface area contributed by atoms with Gasteiger partial charge in [-0.3, -0.25) is 0 Å². The third-order valence-corrected chi connectivity index (χ3v) is 4.63. The standard InChI is InChI=1S/C23H34N2O4/c1-25(2)15-5-14-24-16-20(26)17-29-23(18-6-10-21(27-3)11-7-18)19-8-12-22(28-4)13-9-19/h6-13,20,23-24,26H,5,14-17H2,1-4H3/t20-/m0/s1. The first-order valence-electron chi connectivity index (χ1n) is 9.96. The summed E-state index contributed by atoms with van der Waals surface area (Å²) in [5.74, 6) is 1.59. The summed E-state index contributed by atoms with van der Waals surface area (Å²) in [6, 6.07) is 15.6. The highest BCUT2D eigenvalue weighted by Gasteiger charge is 2.17. The summed E-state index contributed by atoms with van der Waals surface area (Å²) in [6.07, 6.45) is 0.185. The van der Waals surface area contributed by atoms with Crippen LogP contribution in [0.25, 0.3) is 0 Å². The molecule has 29 heavy (non-hydrogen) atoms. The molecule has 0 spiro atoms. The van der Waals surface area contributed by atoms with Crippen molar-refractivity contribution < 1.29 is 19.3 Å². The first-order chi connectivity index (χ1) is 14.0. The number of aliphatic hydroxyl groups is 1. The predicted octanol–water partition coefficient (Wildman–Crippen LogP) is 2.71. The van der Waals surface area contributed by atoms with E-state index in [1.807, 2.05) is 48.5 Å². The lowest BCUT2D eigenvalue weighted by Gasteiger charge is -2.22. The second-order valence-corrected chi connectivity index (χ2v) is 7.27. The van der Waals surface area contributed by atoms with Crippen LogP contribution in [0.15, 0.2) is 48.5 Å². The zero-order valence-corrected chi connectivity index (χ0v) is 17.9. The minimum absolute atomic E-state index is 0.239. The van der Waals surface area contributed by atoms with Crippen LogP contribution in [0.1, 0.15) is 23.7 Å². The number of ether oxygens (including phenoxy) is 3. The van der Waals surface area contributed by atoms with E-state index in [-0.39, 0.29) is 12.7 Å². The van der Waals surface area contributed by atoms with Gasteiger partial charge in [-0.1, -0.05) is 24.3 Å². The Morgan fingerprint density at radius 2 is 1.41 bits per heavy atom. The third kappa shape index (κ3) is 8.03. The Hall–Kier alpha value is -2.12. The molecule has 6 heteroatoms. The Morgan fingerprint density at radius 1 is 0.897 bits per heavy atom. The topological polar surface area (TPSA) is 63.2 Å². The van der Waals surface area contributed by atoms with E-state index in [1.165, 1.54) is 0 Å². The van der Waals surface area contributed by atoms with Gasteiger partial charge in [0.2, 0.25) is 0 Å². The molecule has 2 N–H and O–H groups in total. The average Bonchev–Trinajstić information content (AvgIpc) is 2.74. The highest BCUT2D eigenvalue weighted by Crippen LogP contribution is 2.29. The number of benzene rings is 2. The van der Waals surface area contributed by atoms with Crippen LogP contribution < -0.4 is 14.8 Å². The van der Waals surface area contributed by atoms with Crippen molar-refractivity contribution in [1.82, 2.24) is 10.2 Å². The SMILES string of the molecule is COc1ccc(C(OC[C@@H](O)CNCCCN(C)C)c2ccc(OC)cc2)cc1. The van der Waals surface area contributed by atoms with Gasteiger partial charge in [0, 0.05) is 6.54 Å². The van der Waals surface area contributed by atoms with E-state index in [4.69, 9.17) is 14.2 Å². The van der Waals surface area contributed by atoms with Crippen LogP contribution >= 0.6 is 0 Å². The number of aliphatic hydroxyl groups excluding tert-OH is 1. The summed E-state index contributed by atoms with van der Waals surface area (Å²) >= 11 is 0. The molecule has 0 radical (unpaired) electrons. The van der Waals surface area contributed by atoms with Gasteiger partial charge in [-0.2, -0.15) is 0 Å². The Balaban J connectivity index is 1.97. The van der Waals surface area contributed by atoms with Crippen LogP contribution in [-0.4, -0.2) is 70.7 Å². The smallest absolute Gasteiger partial charge is 0.118 e. The van der Waals surface area contributed by atoms with Crippen LogP contribution in [-0.2, 0) is 4.74 Å². The Kier molecular flexibility index (Phi) is 9.94. The molecule has 2 rings (SSSR count). The molecule has 0 aliphatic rings. The Labute approximate surface area is 174 Å². The maximum Gasteiger partial charge on any atom is 0.118 e. The number of rotatable bonds is 13. The molecule has 0 unspecified atom stereocenters. The largest absolute Gasteiger partial charge is 0.497 e. The predicted molar refractivity (Wildman–Crippen MR) is 116 cm³/mol. The molecule has 0 bridgehead atoms. The van der Waals surface area contributed by atoms with Crippen molar-refractivity contribution in [2.75, 3.05) is 54.6 Å².